The van der Waals surface area contributed by atoms with Crippen molar-refractivity contribution < 1.29 is 24.2 Å². The zero-order chi connectivity index (χ0) is 18.2. The zero-order valence-corrected chi connectivity index (χ0v) is 14.9. The molecule has 1 amide bonds. The molecule has 2 aromatic rings. The van der Waals surface area contributed by atoms with Crippen LogP contribution in [-0.2, 0) is 16.0 Å². The summed E-state index contributed by atoms with van der Waals surface area (Å²) in [7, 11) is 3.15. The highest BCUT2D eigenvalue weighted by atomic mass is 32.1. The first-order chi connectivity index (χ1) is 12.0. The number of benzene rings is 1. The fourth-order valence-electron chi connectivity index (χ4n) is 2.18. The van der Waals surface area contributed by atoms with Gasteiger partial charge < -0.3 is 19.9 Å². The Balaban J connectivity index is 1.95. The van der Waals surface area contributed by atoms with Gasteiger partial charge in [0, 0.05) is 23.9 Å². The molecule has 0 saturated heterocycles. The van der Waals surface area contributed by atoms with E-state index < -0.39 is 5.97 Å². The van der Waals surface area contributed by atoms with Crippen molar-refractivity contribution in [2.75, 3.05) is 20.8 Å². The molecule has 1 aromatic heterocycles. The van der Waals surface area contributed by atoms with Crippen LogP contribution in [0.15, 0.2) is 23.6 Å². The Bertz CT molecular complexity index is 744. The minimum absolute atomic E-state index is 0.0421. The molecule has 0 aliphatic carbocycles. The molecule has 0 fully saturated rings. The first kappa shape index (κ1) is 18.7. The number of carbonyl (C=O) groups excluding carboxylic acids is 1. The van der Waals surface area contributed by atoms with Crippen LogP contribution in [0, 0.1) is 0 Å². The second kappa shape index (κ2) is 9.03. The second-order valence-corrected chi connectivity index (χ2v) is 6.10. The Morgan fingerprint density at radius 2 is 2.00 bits per heavy atom. The first-order valence-corrected chi connectivity index (χ1v) is 8.56. The van der Waals surface area contributed by atoms with E-state index in [4.69, 9.17) is 14.6 Å². The summed E-state index contributed by atoms with van der Waals surface area (Å²) >= 11 is 1.44. The van der Waals surface area contributed by atoms with E-state index in [2.05, 4.69) is 10.3 Å². The number of thiazole rings is 1. The fourth-order valence-corrected chi connectivity index (χ4v) is 3.00. The SMILES string of the molecule is COc1ccc(-c2nc(CC(=O)NCCCC(=O)O)cs2)cc1OC. The van der Waals surface area contributed by atoms with Gasteiger partial charge in [-0.1, -0.05) is 0 Å². The Morgan fingerprint density at radius 1 is 1.24 bits per heavy atom. The highest BCUT2D eigenvalue weighted by Gasteiger charge is 2.11. The summed E-state index contributed by atoms with van der Waals surface area (Å²) < 4.78 is 10.5. The topological polar surface area (TPSA) is 97.8 Å². The lowest BCUT2D eigenvalue weighted by Crippen LogP contribution is -2.26. The maximum atomic E-state index is 11.9. The Labute approximate surface area is 149 Å². The van der Waals surface area contributed by atoms with Crippen molar-refractivity contribution in [1.82, 2.24) is 10.3 Å². The van der Waals surface area contributed by atoms with Crippen molar-refractivity contribution in [1.29, 1.82) is 0 Å². The molecule has 25 heavy (non-hydrogen) atoms. The summed E-state index contributed by atoms with van der Waals surface area (Å²) in [4.78, 5) is 26.8. The minimum atomic E-state index is -0.867. The number of aliphatic carboxylic acids is 1. The van der Waals surface area contributed by atoms with Gasteiger partial charge in [0.15, 0.2) is 11.5 Å². The Morgan fingerprint density at radius 3 is 2.68 bits per heavy atom. The Hall–Kier alpha value is -2.61. The molecule has 0 unspecified atom stereocenters. The van der Waals surface area contributed by atoms with E-state index in [-0.39, 0.29) is 18.7 Å². The number of hydrogen-bond acceptors (Lipinski definition) is 6. The highest BCUT2D eigenvalue weighted by Crippen LogP contribution is 2.33. The van der Waals surface area contributed by atoms with Crippen molar-refractivity contribution in [3.63, 3.8) is 0 Å². The molecular formula is C17H20N2O5S. The van der Waals surface area contributed by atoms with Crippen LogP contribution in [0.1, 0.15) is 18.5 Å². The van der Waals surface area contributed by atoms with Crippen LogP contribution >= 0.6 is 11.3 Å². The van der Waals surface area contributed by atoms with E-state index in [0.717, 1.165) is 10.6 Å². The lowest BCUT2D eigenvalue weighted by atomic mass is 10.2. The van der Waals surface area contributed by atoms with E-state index in [0.29, 0.717) is 30.2 Å². The van der Waals surface area contributed by atoms with Crippen molar-refractivity contribution in [3.05, 3.63) is 29.3 Å². The minimum Gasteiger partial charge on any atom is -0.493 e. The van der Waals surface area contributed by atoms with Crippen molar-refractivity contribution in [2.45, 2.75) is 19.3 Å². The van der Waals surface area contributed by atoms with Gasteiger partial charge in [0.05, 0.1) is 26.3 Å². The number of nitrogens with one attached hydrogen (secondary N) is 1. The molecule has 134 valence electrons. The number of carboxylic acids is 1. The van der Waals surface area contributed by atoms with Crippen molar-refractivity contribution in [2.24, 2.45) is 0 Å². The average molecular weight is 364 g/mol. The molecule has 1 heterocycles. The van der Waals surface area contributed by atoms with Gasteiger partial charge in [-0.05, 0) is 24.6 Å². The van der Waals surface area contributed by atoms with E-state index in [1.54, 1.807) is 14.2 Å². The molecule has 7 nitrogen and oxygen atoms in total. The maximum Gasteiger partial charge on any atom is 0.303 e. The molecule has 8 heteroatoms. The number of hydrogen-bond donors (Lipinski definition) is 2. The molecule has 2 N–H and O–H groups in total. The molecule has 0 spiro atoms. The van der Waals surface area contributed by atoms with Gasteiger partial charge in [0.25, 0.3) is 0 Å². The third-order valence-corrected chi connectivity index (χ3v) is 4.35. The summed E-state index contributed by atoms with van der Waals surface area (Å²) in [6.45, 7) is 0.345. The van der Waals surface area contributed by atoms with Gasteiger partial charge in [-0.15, -0.1) is 11.3 Å². The van der Waals surface area contributed by atoms with Crippen molar-refractivity contribution >= 4 is 23.2 Å². The number of amides is 1. The van der Waals surface area contributed by atoms with Gasteiger partial charge in [0.2, 0.25) is 5.91 Å². The number of carbonyl (C=O) groups is 2. The van der Waals surface area contributed by atoms with Crippen LogP contribution in [0.4, 0.5) is 0 Å². The second-order valence-electron chi connectivity index (χ2n) is 5.24. The monoisotopic (exact) mass is 364 g/mol. The molecule has 2 rings (SSSR count). The molecular weight excluding hydrogens is 344 g/mol. The maximum absolute atomic E-state index is 11.9. The molecule has 0 aliphatic heterocycles. The summed E-state index contributed by atoms with van der Waals surface area (Å²) in [5, 5.41) is 13.9. The van der Waals surface area contributed by atoms with Gasteiger partial charge in [-0.3, -0.25) is 9.59 Å². The van der Waals surface area contributed by atoms with Gasteiger partial charge >= 0.3 is 5.97 Å². The normalized spacial score (nSPS) is 10.3. The molecule has 0 bridgehead atoms. The van der Waals surface area contributed by atoms with Gasteiger partial charge in [-0.25, -0.2) is 4.98 Å². The highest BCUT2D eigenvalue weighted by molar-refractivity contribution is 7.13. The van der Waals surface area contributed by atoms with Crippen molar-refractivity contribution in [3.8, 4) is 22.1 Å². The first-order valence-electron chi connectivity index (χ1n) is 7.68. The number of carboxylic acid groups (broad SMARTS) is 1. The van der Waals surface area contributed by atoms with Crippen LogP contribution in [0.2, 0.25) is 0 Å². The van der Waals surface area contributed by atoms with Crippen LogP contribution in [0.5, 0.6) is 11.5 Å². The van der Waals surface area contributed by atoms with Crippen LogP contribution in [0.25, 0.3) is 10.6 Å². The van der Waals surface area contributed by atoms with E-state index >= 15 is 0 Å². The largest absolute Gasteiger partial charge is 0.493 e. The number of methoxy groups -OCH3 is 2. The summed E-state index contributed by atoms with van der Waals surface area (Å²) in [6.07, 6.45) is 0.617. The van der Waals surface area contributed by atoms with Crippen LogP contribution in [-0.4, -0.2) is 42.7 Å². The molecule has 0 saturated carbocycles. The summed E-state index contributed by atoms with van der Waals surface area (Å²) in [5.41, 5.74) is 1.56. The average Bonchev–Trinajstić information content (AvgIpc) is 3.06. The molecule has 0 radical (unpaired) electrons. The molecule has 0 aliphatic rings. The number of rotatable bonds is 9. The summed E-state index contributed by atoms with van der Waals surface area (Å²) in [5.74, 6) is 0.222. The lowest BCUT2D eigenvalue weighted by molar-refractivity contribution is -0.137. The third kappa shape index (κ3) is 5.46. The van der Waals surface area contributed by atoms with E-state index in [1.165, 1.54) is 11.3 Å². The fraction of sp³-hybridized carbons (Fsp3) is 0.353. The van der Waals surface area contributed by atoms with E-state index in [9.17, 15) is 9.59 Å². The lowest BCUT2D eigenvalue weighted by Gasteiger charge is -2.08. The van der Waals surface area contributed by atoms with E-state index in [1.807, 2.05) is 23.6 Å². The van der Waals surface area contributed by atoms with Crippen LogP contribution < -0.4 is 14.8 Å². The standard InChI is InChI=1S/C17H20N2O5S/c1-23-13-6-5-11(8-14(13)24-2)17-19-12(10-25-17)9-15(20)18-7-3-4-16(21)22/h5-6,8,10H,3-4,7,9H2,1-2H3,(H,18,20)(H,21,22). The van der Waals surface area contributed by atoms with Gasteiger partial charge in [0.1, 0.15) is 5.01 Å². The third-order valence-electron chi connectivity index (χ3n) is 3.41. The number of nitrogens with zero attached hydrogens (tertiary/aromatic N) is 1. The summed E-state index contributed by atoms with van der Waals surface area (Å²) in [6, 6.07) is 5.54. The predicted octanol–water partition coefficient (Wildman–Crippen LogP) is 2.35. The molecule has 1 aromatic carbocycles. The quantitative estimate of drug-likeness (QED) is 0.663. The predicted molar refractivity (Wildman–Crippen MR) is 94.2 cm³/mol. The zero-order valence-electron chi connectivity index (χ0n) is 14.1. The smallest absolute Gasteiger partial charge is 0.303 e. The number of ether oxygens (including phenoxy) is 2. The number of aromatic nitrogens is 1. The van der Waals surface area contributed by atoms with Gasteiger partial charge in [-0.2, -0.15) is 0 Å². The van der Waals surface area contributed by atoms with Crippen LogP contribution in [0.3, 0.4) is 0 Å². The molecule has 0 atom stereocenters. The Kier molecular flexibility index (Phi) is 6.76.